The number of ether oxygens (including phenoxy) is 2. The van der Waals surface area contributed by atoms with Gasteiger partial charge in [0.1, 0.15) is 29.3 Å². The first-order valence-corrected chi connectivity index (χ1v) is 19.3. The van der Waals surface area contributed by atoms with Crippen molar-refractivity contribution in [2.75, 3.05) is 6.54 Å². The first kappa shape index (κ1) is 37.8. The van der Waals surface area contributed by atoms with E-state index in [1.165, 1.54) is 15.5 Å². The first-order chi connectivity index (χ1) is 24.8. The van der Waals surface area contributed by atoms with Crippen LogP contribution in [0, 0.1) is 11.3 Å². The number of nitrogens with one attached hydrogen (secondary N) is 3. The molecule has 6 rings (SSSR count). The van der Waals surface area contributed by atoms with Gasteiger partial charge in [0.25, 0.3) is 5.91 Å². The molecule has 2 aliphatic carbocycles. The maximum Gasteiger partial charge on any atom is 0.419 e. The number of alkyl carbamates (subject to hydrolysis) is 1. The number of hydrogen-bond acceptors (Lipinski definition) is 9. The van der Waals surface area contributed by atoms with Gasteiger partial charge < -0.3 is 25.0 Å². The zero-order chi connectivity index (χ0) is 38.7. The van der Waals surface area contributed by atoms with E-state index in [1.54, 1.807) is 53.7 Å². The van der Waals surface area contributed by atoms with Crippen molar-refractivity contribution in [2.45, 2.75) is 102 Å². The van der Waals surface area contributed by atoms with Crippen LogP contribution in [0.5, 0.6) is 0 Å². The van der Waals surface area contributed by atoms with Gasteiger partial charge in [0, 0.05) is 23.1 Å². The molecule has 15 heteroatoms. The number of amides is 4. The number of nitrogens with zero attached hydrogens (tertiary/aromatic N) is 2. The summed E-state index contributed by atoms with van der Waals surface area (Å²) in [6.07, 6.45) is -0.210. The molecule has 14 nitrogen and oxygen atoms in total. The SMILES string of the molecule is C=CC1CC1(NC(=O)[C@H]1C[C@@H](OC(=O)n2c3ccccc3c3ccccc32)CN1C(=O)[C@@H](NC(=O)OC(C)(C)C)C(C)(C)C)C(=O)NS(=O)(=O)C1CC1. The van der Waals surface area contributed by atoms with Crippen LogP contribution in [-0.2, 0) is 33.9 Å². The average molecular weight is 750 g/mol. The third-order valence-electron chi connectivity index (χ3n) is 9.90. The molecule has 2 saturated carbocycles. The largest absolute Gasteiger partial charge is 0.444 e. The summed E-state index contributed by atoms with van der Waals surface area (Å²) in [4.78, 5) is 70.4. The Morgan fingerprint density at radius 2 is 1.53 bits per heavy atom. The molecule has 5 atom stereocenters. The smallest absolute Gasteiger partial charge is 0.419 e. The van der Waals surface area contributed by atoms with Crippen molar-refractivity contribution < 1.29 is 41.9 Å². The molecule has 2 aromatic carbocycles. The minimum Gasteiger partial charge on any atom is -0.444 e. The van der Waals surface area contributed by atoms with Crippen molar-refractivity contribution in [3.63, 3.8) is 0 Å². The molecule has 3 aliphatic rings. The van der Waals surface area contributed by atoms with Crippen LogP contribution in [0.15, 0.2) is 61.2 Å². The van der Waals surface area contributed by atoms with Gasteiger partial charge in [-0.15, -0.1) is 6.58 Å². The molecular weight excluding hydrogens is 703 g/mol. The molecule has 0 bridgehead atoms. The van der Waals surface area contributed by atoms with E-state index in [4.69, 9.17) is 9.47 Å². The molecule has 3 aromatic rings. The van der Waals surface area contributed by atoms with Gasteiger partial charge in [-0.2, -0.15) is 0 Å². The molecule has 1 saturated heterocycles. The van der Waals surface area contributed by atoms with Crippen molar-refractivity contribution in [1.29, 1.82) is 0 Å². The van der Waals surface area contributed by atoms with Crippen LogP contribution in [0.4, 0.5) is 9.59 Å². The molecule has 0 radical (unpaired) electrons. The van der Waals surface area contributed by atoms with Crippen LogP contribution < -0.4 is 15.4 Å². The third-order valence-corrected chi connectivity index (χ3v) is 11.7. The predicted octanol–water partition coefficient (Wildman–Crippen LogP) is 4.36. The van der Waals surface area contributed by atoms with Gasteiger partial charge >= 0.3 is 12.2 Å². The van der Waals surface area contributed by atoms with Gasteiger partial charge in [-0.3, -0.25) is 19.1 Å². The van der Waals surface area contributed by atoms with E-state index in [-0.39, 0.29) is 19.4 Å². The molecule has 0 spiro atoms. The van der Waals surface area contributed by atoms with Gasteiger partial charge in [-0.05, 0) is 57.6 Å². The lowest BCUT2D eigenvalue weighted by Gasteiger charge is -2.36. The van der Waals surface area contributed by atoms with Gasteiger partial charge in [0.15, 0.2) is 0 Å². The minimum absolute atomic E-state index is 0.103. The Morgan fingerprint density at radius 1 is 0.943 bits per heavy atom. The second kappa shape index (κ2) is 13.5. The second-order valence-electron chi connectivity index (χ2n) is 16.2. The number of carbonyl (C=O) groups is 5. The summed E-state index contributed by atoms with van der Waals surface area (Å²) in [5, 5.41) is 6.42. The van der Waals surface area contributed by atoms with Crippen LogP contribution in [0.1, 0.15) is 67.2 Å². The first-order valence-electron chi connectivity index (χ1n) is 17.8. The van der Waals surface area contributed by atoms with E-state index < -0.39 is 85.8 Å². The number of fused-ring (bicyclic) bond motifs is 3. The number of rotatable bonds is 9. The van der Waals surface area contributed by atoms with Gasteiger partial charge in [-0.25, -0.2) is 22.6 Å². The van der Waals surface area contributed by atoms with Gasteiger partial charge in [-0.1, -0.05) is 63.2 Å². The van der Waals surface area contributed by atoms with Gasteiger partial charge in [0.05, 0.1) is 22.8 Å². The number of hydrogen-bond donors (Lipinski definition) is 3. The number of sulfonamides is 1. The predicted molar refractivity (Wildman–Crippen MR) is 197 cm³/mol. The second-order valence-corrected chi connectivity index (χ2v) is 18.2. The highest BCUT2D eigenvalue weighted by Crippen LogP contribution is 2.45. The number of likely N-dealkylation sites (tertiary alicyclic amines) is 1. The highest BCUT2D eigenvalue weighted by molar-refractivity contribution is 7.91. The molecule has 3 N–H and O–H groups in total. The Morgan fingerprint density at radius 3 is 2.04 bits per heavy atom. The fraction of sp³-hybridized carbons (Fsp3) is 0.500. The third kappa shape index (κ3) is 7.62. The lowest BCUT2D eigenvalue weighted by Crippen LogP contribution is -2.60. The minimum atomic E-state index is -3.93. The molecule has 1 aromatic heterocycles. The zero-order valence-corrected chi connectivity index (χ0v) is 31.6. The van der Waals surface area contributed by atoms with Crippen molar-refractivity contribution in [2.24, 2.45) is 11.3 Å². The summed E-state index contributed by atoms with van der Waals surface area (Å²) < 4.78 is 40.4. The van der Waals surface area contributed by atoms with Crippen molar-refractivity contribution in [3.05, 3.63) is 61.2 Å². The number of benzene rings is 2. The van der Waals surface area contributed by atoms with Crippen molar-refractivity contribution in [1.82, 2.24) is 24.8 Å². The van der Waals surface area contributed by atoms with E-state index >= 15 is 0 Å². The van der Waals surface area contributed by atoms with Crippen LogP contribution in [0.2, 0.25) is 0 Å². The topological polar surface area (TPSA) is 182 Å². The van der Waals surface area contributed by atoms with E-state index in [2.05, 4.69) is 21.9 Å². The molecule has 2 heterocycles. The van der Waals surface area contributed by atoms with Crippen LogP contribution >= 0.6 is 0 Å². The normalized spacial score (nSPS) is 23.6. The van der Waals surface area contributed by atoms with Crippen LogP contribution in [0.25, 0.3) is 21.8 Å². The summed E-state index contributed by atoms with van der Waals surface area (Å²) in [7, 11) is -3.93. The molecule has 284 valence electrons. The maximum absolute atomic E-state index is 14.5. The zero-order valence-electron chi connectivity index (χ0n) is 30.8. The number of para-hydroxylation sites is 2. The Hall–Kier alpha value is -4.92. The molecule has 1 aliphatic heterocycles. The van der Waals surface area contributed by atoms with Crippen molar-refractivity contribution >= 4 is 61.7 Å². The Balaban J connectivity index is 1.30. The number of aromatic nitrogens is 1. The number of carbonyl (C=O) groups excluding carboxylic acids is 5. The summed E-state index contributed by atoms with van der Waals surface area (Å²) >= 11 is 0. The monoisotopic (exact) mass is 749 g/mol. The molecule has 2 unspecified atom stereocenters. The lowest BCUT2D eigenvalue weighted by molar-refractivity contribution is -0.143. The van der Waals surface area contributed by atoms with Crippen molar-refractivity contribution in [3.8, 4) is 0 Å². The maximum atomic E-state index is 14.5. The lowest BCUT2D eigenvalue weighted by atomic mass is 9.85. The highest BCUT2D eigenvalue weighted by atomic mass is 32.2. The Bertz CT molecular complexity index is 2060. The summed E-state index contributed by atoms with van der Waals surface area (Å²) in [6, 6.07) is 12.3. The summed E-state index contributed by atoms with van der Waals surface area (Å²) in [5.41, 5.74) is -2.09. The Labute approximate surface area is 308 Å². The van der Waals surface area contributed by atoms with Crippen LogP contribution in [-0.4, -0.2) is 88.9 Å². The standard InChI is InChI=1S/C38H47N5O9S/c1-8-22-20-38(22,33(46)41-53(49,50)24-17-18-24)40-31(44)29-19-23(21-42(29)32(45)30(36(2,3)4)39-34(47)52-37(5,6)7)51-35(48)43-27-15-11-9-13-25(27)26-14-10-12-16-28(26)43/h8-16,22-24,29-30H,1,17-21H2,2-7H3,(H,39,47)(H,40,44)(H,41,46)/t22?,23-,29-,30-,38?/m1/s1. The van der Waals surface area contributed by atoms with E-state index in [0.29, 0.717) is 23.9 Å². The molecule has 3 fully saturated rings. The summed E-state index contributed by atoms with van der Waals surface area (Å²) in [6.45, 7) is 13.8. The fourth-order valence-electron chi connectivity index (χ4n) is 6.95. The molecule has 4 amide bonds. The fourth-order valence-corrected chi connectivity index (χ4v) is 8.31. The van der Waals surface area contributed by atoms with E-state index in [1.807, 2.05) is 36.4 Å². The Kier molecular flexibility index (Phi) is 9.63. The average Bonchev–Trinajstić information content (AvgIpc) is 3.97. The molecular formula is C38H47N5O9S. The van der Waals surface area contributed by atoms with Crippen LogP contribution in [0.3, 0.4) is 0 Å². The quantitative estimate of drug-likeness (QED) is 0.268. The van der Waals surface area contributed by atoms with E-state index in [9.17, 15) is 32.4 Å². The summed E-state index contributed by atoms with van der Waals surface area (Å²) in [5.74, 6) is -2.83. The highest BCUT2D eigenvalue weighted by Gasteiger charge is 2.62. The van der Waals surface area contributed by atoms with E-state index in [0.717, 1.165) is 10.8 Å². The molecule has 53 heavy (non-hydrogen) atoms. The van der Waals surface area contributed by atoms with Gasteiger partial charge in [0.2, 0.25) is 21.8 Å².